The highest BCUT2D eigenvalue weighted by atomic mass is 16.6. The molecule has 0 bridgehead atoms. The van der Waals surface area contributed by atoms with Crippen molar-refractivity contribution >= 4 is 0 Å². The van der Waals surface area contributed by atoms with Gasteiger partial charge in [-0.3, -0.25) is 0 Å². The van der Waals surface area contributed by atoms with Crippen molar-refractivity contribution in [2.45, 2.75) is 90.7 Å². The van der Waals surface area contributed by atoms with Crippen LogP contribution in [-0.2, 0) is 9.47 Å². The van der Waals surface area contributed by atoms with Crippen molar-refractivity contribution in [1.29, 1.82) is 0 Å². The van der Waals surface area contributed by atoms with Crippen molar-refractivity contribution in [3.8, 4) is 0 Å². The minimum atomic E-state index is -0.816. The third kappa shape index (κ3) is 9.55. The zero-order chi connectivity index (χ0) is 24.4. The van der Waals surface area contributed by atoms with Crippen molar-refractivity contribution in [3.05, 3.63) is 71.9 Å². The van der Waals surface area contributed by atoms with Gasteiger partial charge in [0.05, 0.1) is 30.5 Å². The van der Waals surface area contributed by atoms with Gasteiger partial charge in [0.25, 0.3) is 0 Å². The van der Waals surface area contributed by atoms with E-state index < -0.39 is 24.6 Å². The molecule has 1 saturated heterocycles. The van der Waals surface area contributed by atoms with E-state index in [2.05, 4.69) is 26.8 Å². The molecule has 8 atom stereocenters. The van der Waals surface area contributed by atoms with Crippen molar-refractivity contribution < 1.29 is 24.8 Å². The standard InChI is InChI=1S/C28H42O5/c1-6-9-26-22(5)25(30)18-27(33-26)24(29)12-7-10-19(2)16-21(4)17-20(3)14-15-23-11-8-13-28(31)32-23/h6-10,12-15,17,21-31H,11,16,18H2,1-5H3/b9-6+,12-7+,15-14+,19-10+,20-17-/t21-,22+,23-,24-,25-,26+,27+,28-/m1/s1. The second kappa shape index (κ2) is 13.8. The van der Waals surface area contributed by atoms with E-state index in [4.69, 9.17) is 9.47 Å². The Morgan fingerprint density at radius 2 is 1.94 bits per heavy atom. The molecule has 0 amide bonds. The van der Waals surface area contributed by atoms with Crippen LogP contribution in [0.3, 0.4) is 0 Å². The van der Waals surface area contributed by atoms with Gasteiger partial charge in [-0.15, -0.1) is 0 Å². The number of allylic oxidation sites excluding steroid dienone is 7. The van der Waals surface area contributed by atoms with E-state index in [9.17, 15) is 15.3 Å². The number of rotatable bonds is 9. The van der Waals surface area contributed by atoms with Crippen LogP contribution in [0.25, 0.3) is 0 Å². The highest BCUT2D eigenvalue weighted by molar-refractivity contribution is 5.20. The normalized spacial score (nSPS) is 33.9. The average Bonchev–Trinajstić information content (AvgIpc) is 2.75. The van der Waals surface area contributed by atoms with Crippen LogP contribution in [0.5, 0.6) is 0 Å². The predicted molar refractivity (Wildman–Crippen MR) is 133 cm³/mol. The largest absolute Gasteiger partial charge is 0.393 e. The lowest BCUT2D eigenvalue weighted by Crippen LogP contribution is -2.46. The molecule has 0 aromatic carbocycles. The van der Waals surface area contributed by atoms with Gasteiger partial charge < -0.3 is 24.8 Å². The Morgan fingerprint density at radius 1 is 1.18 bits per heavy atom. The zero-order valence-corrected chi connectivity index (χ0v) is 20.7. The third-order valence-corrected chi connectivity index (χ3v) is 6.13. The average molecular weight is 459 g/mol. The van der Waals surface area contributed by atoms with Crippen molar-refractivity contribution in [1.82, 2.24) is 0 Å². The maximum Gasteiger partial charge on any atom is 0.174 e. The Kier molecular flexibility index (Phi) is 11.5. The summed E-state index contributed by atoms with van der Waals surface area (Å²) in [6, 6.07) is 0. The molecule has 3 N–H and O–H groups in total. The van der Waals surface area contributed by atoms with Crippen LogP contribution in [0.15, 0.2) is 71.9 Å². The molecule has 1 fully saturated rings. The molecule has 2 rings (SSSR count). The molecule has 5 heteroatoms. The summed E-state index contributed by atoms with van der Waals surface area (Å²) in [5.74, 6) is 0.379. The van der Waals surface area contributed by atoms with E-state index in [1.165, 1.54) is 5.57 Å². The van der Waals surface area contributed by atoms with Gasteiger partial charge in [0.2, 0.25) is 0 Å². The first-order chi connectivity index (χ1) is 15.7. The highest BCUT2D eigenvalue weighted by Gasteiger charge is 2.35. The second-order valence-electron chi connectivity index (χ2n) is 9.40. The van der Waals surface area contributed by atoms with Gasteiger partial charge in [-0.1, -0.05) is 79.7 Å². The summed E-state index contributed by atoms with van der Waals surface area (Å²) < 4.78 is 11.4. The molecule has 33 heavy (non-hydrogen) atoms. The smallest absolute Gasteiger partial charge is 0.174 e. The second-order valence-corrected chi connectivity index (χ2v) is 9.40. The molecule has 0 spiro atoms. The zero-order valence-electron chi connectivity index (χ0n) is 20.7. The van der Waals surface area contributed by atoms with Crippen LogP contribution in [0.2, 0.25) is 0 Å². The lowest BCUT2D eigenvalue weighted by molar-refractivity contribution is -0.138. The Bertz CT molecular complexity index is 775. The number of ether oxygens (including phenoxy) is 2. The maximum absolute atomic E-state index is 10.5. The van der Waals surface area contributed by atoms with Crippen LogP contribution >= 0.6 is 0 Å². The number of hydrogen-bond donors (Lipinski definition) is 3. The Balaban J connectivity index is 1.84. The summed E-state index contributed by atoms with van der Waals surface area (Å²) in [6.07, 6.45) is 18.7. The molecule has 184 valence electrons. The van der Waals surface area contributed by atoms with Crippen LogP contribution in [0.1, 0.15) is 53.9 Å². The van der Waals surface area contributed by atoms with E-state index >= 15 is 0 Å². The molecule has 2 heterocycles. The van der Waals surface area contributed by atoms with Crippen LogP contribution in [0, 0.1) is 11.8 Å². The van der Waals surface area contributed by atoms with Crippen LogP contribution in [-0.4, -0.2) is 52.1 Å². The minimum Gasteiger partial charge on any atom is -0.393 e. The lowest BCUT2D eigenvalue weighted by Gasteiger charge is -2.38. The first kappa shape index (κ1) is 27.5. The first-order valence-corrected chi connectivity index (χ1v) is 12.0. The maximum atomic E-state index is 10.5. The molecule has 0 aromatic rings. The molecule has 2 aliphatic heterocycles. The molecule has 0 saturated carbocycles. The molecule has 5 nitrogen and oxygen atoms in total. The van der Waals surface area contributed by atoms with E-state index in [0.717, 1.165) is 18.4 Å². The van der Waals surface area contributed by atoms with Gasteiger partial charge >= 0.3 is 0 Å². The predicted octanol–water partition coefficient (Wildman–Crippen LogP) is 4.77. The van der Waals surface area contributed by atoms with Crippen molar-refractivity contribution in [2.75, 3.05) is 0 Å². The fourth-order valence-electron chi connectivity index (χ4n) is 4.27. The Morgan fingerprint density at radius 3 is 2.64 bits per heavy atom. The Hall–Kier alpha value is -1.76. The molecule has 0 radical (unpaired) electrons. The summed E-state index contributed by atoms with van der Waals surface area (Å²) in [7, 11) is 0. The van der Waals surface area contributed by atoms with Gasteiger partial charge in [0, 0.05) is 12.3 Å². The van der Waals surface area contributed by atoms with E-state index in [-0.39, 0.29) is 18.1 Å². The first-order valence-electron chi connectivity index (χ1n) is 12.0. The van der Waals surface area contributed by atoms with Crippen LogP contribution < -0.4 is 0 Å². The molecule has 0 aromatic heterocycles. The summed E-state index contributed by atoms with van der Waals surface area (Å²) in [6.45, 7) is 10.2. The fourth-order valence-corrected chi connectivity index (χ4v) is 4.27. The molecule has 0 unspecified atom stereocenters. The van der Waals surface area contributed by atoms with Crippen molar-refractivity contribution in [2.24, 2.45) is 11.8 Å². The molecular formula is C28H42O5. The number of aliphatic hydroxyl groups excluding tert-OH is 3. The lowest BCUT2D eigenvalue weighted by atomic mass is 9.88. The summed E-state index contributed by atoms with van der Waals surface area (Å²) in [5.41, 5.74) is 2.37. The molecule has 2 aliphatic rings. The van der Waals surface area contributed by atoms with Gasteiger partial charge in [0.1, 0.15) is 0 Å². The Labute approximate surface area is 199 Å². The van der Waals surface area contributed by atoms with Crippen molar-refractivity contribution in [3.63, 3.8) is 0 Å². The van der Waals surface area contributed by atoms with Gasteiger partial charge in [-0.25, -0.2) is 0 Å². The highest BCUT2D eigenvalue weighted by Crippen LogP contribution is 2.28. The summed E-state index contributed by atoms with van der Waals surface area (Å²) in [5, 5.41) is 30.4. The summed E-state index contributed by atoms with van der Waals surface area (Å²) in [4.78, 5) is 0. The number of hydrogen-bond acceptors (Lipinski definition) is 5. The molecular weight excluding hydrogens is 416 g/mol. The SMILES string of the molecule is C/C=C/[C@@H]1O[C@H]([C@H](O)/C=C/C=C(\C)C[C@@H](C)/C=C(C)\C=C\[C@H]2CC=C[C@H](O)O2)C[C@@H](O)[C@@H]1C. The van der Waals surface area contributed by atoms with Gasteiger partial charge in [0.15, 0.2) is 6.29 Å². The van der Waals surface area contributed by atoms with E-state index in [1.807, 2.05) is 56.4 Å². The van der Waals surface area contributed by atoms with Gasteiger partial charge in [-0.2, -0.15) is 0 Å². The monoisotopic (exact) mass is 458 g/mol. The molecule has 0 aliphatic carbocycles. The van der Waals surface area contributed by atoms with Crippen LogP contribution in [0.4, 0.5) is 0 Å². The van der Waals surface area contributed by atoms with E-state index in [0.29, 0.717) is 12.3 Å². The minimum absolute atomic E-state index is 0.0160. The topological polar surface area (TPSA) is 79.2 Å². The fraction of sp³-hybridized carbons (Fsp3) is 0.571. The van der Waals surface area contributed by atoms with E-state index in [1.54, 1.807) is 12.2 Å². The van der Waals surface area contributed by atoms with Gasteiger partial charge in [-0.05, 0) is 45.6 Å². The summed E-state index contributed by atoms with van der Waals surface area (Å²) >= 11 is 0. The third-order valence-electron chi connectivity index (χ3n) is 6.13. The quantitative estimate of drug-likeness (QED) is 0.343. The number of aliphatic hydroxyl groups is 3.